The van der Waals surface area contributed by atoms with Crippen LogP contribution in [-0.4, -0.2) is 55.9 Å². The number of hydrogen-bond donors (Lipinski definition) is 0. The van der Waals surface area contributed by atoms with E-state index in [0.29, 0.717) is 31.9 Å². The smallest absolute Gasteiger partial charge is 0.243 e. The van der Waals surface area contributed by atoms with Crippen molar-refractivity contribution < 1.29 is 13.2 Å². The molecule has 6 nitrogen and oxygen atoms in total. The second-order valence-corrected chi connectivity index (χ2v) is 9.31. The predicted molar refractivity (Wildman–Crippen MR) is 114 cm³/mol. The molecule has 29 heavy (non-hydrogen) atoms. The second-order valence-electron chi connectivity index (χ2n) is 6.97. The zero-order valence-corrected chi connectivity index (χ0v) is 17.7. The molecule has 0 bridgehead atoms. The average molecular weight is 432 g/mol. The number of benzene rings is 2. The summed E-state index contributed by atoms with van der Waals surface area (Å²) in [5.74, 6) is 0.458. The van der Waals surface area contributed by atoms with Crippen LogP contribution >= 0.6 is 11.6 Å². The zero-order valence-electron chi connectivity index (χ0n) is 16.1. The Kier molecular flexibility index (Phi) is 5.74. The highest BCUT2D eigenvalue weighted by Crippen LogP contribution is 2.29. The molecule has 0 unspecified atom stereocenters. The number of aromatic nitrogens is 1. The summed E-state index contributed by atoms with van der Waals surface area (Å²) in [4.78, 5) is 6.96. The van der Waals surface area contributed by atoms with Crippen molar-refractivity contribution in [3.05, 3.63) is 65.3 Å². The lowest BCUT2D eigenvalue weighted by molar-refractivity contribution is 0.182. The van der Waals surface area contributed by atoms with E-state index in [2.05, 4.69) is 28.1 Å². The standard InChI is InChI=1S/C21H22ClN3O3S/c1-28-20-8-7-18(14-19(20)22)29(26,27)25-12-10-24(11-13-25)15-17-5-2-4-16-6-3-9-23-21(16)17/h2-9,14H,10-13,15H2,1H3. The molecule has 0 N–H and O–H groups in total. The molecule has 0 aliphatic carbocycles. The highest BCUT2D eigenvalue weighted by atomic mass is 35.5. The van der Waals surface area contributed by atoms with Crippen molar-refractivity contribution in [1.82, 2.24) is 14.2 Å². The lowest BCUT2D eigenvalue weighted by Crippen LogP contribution is -2.48. The number of hydrogen-bond acceptors (Lipinski definition) is 5. The molecular weight excluding hydrogens is 410 g/mol. The van der Waals surface area contributed by atoms with E-state index in [0.717, 1.165) is 23.0 Å². The van der Waals surface area contributed by atoms with Gasteiger partial charge in [-0.05, 0) is 29.8 Å². The Hall–Kier alpha value is -2.19. The summed E-state index contributed by atoms with van der Waals surface area (Å²) < 4.78 is 32.6. The molecule has 2 heterocycles. The van der Waals surface area contributed by atoms with Gasteiger partial charge in [0, 0.05) is 44.3 Å². The first-order valence-corrected chi connectivity index (χ1v) is 11.2. The average Bonchev–Trinajstić information content (AvgIpc) is 2.74. The fraction of sp³-hybridized carbons (Fsp3) is 0.286. The molecule has 2 aromatic carbocycles. The Morgan fingerprint density at radius 3 is 2.55 bits per heavy atom. The van der Waals surface area contributed by atoms with Crippen LogP contribution in [0, 0.1) is 0 Å². The van der Waals surface area contributed by atoms with Crippen molar-refractivity contribution in [3.63, 3.8) is 0 Å². The summed E-state index contributed by atoms with van der Waals surface area (Å²) in [6.45, 7) is 2.93. The first-order valence-electron chi connectivity index (χ1n) is 9.38. The molecule has 8 heteroatoms. The van der Waals surface area contributed by atoms with Gasteiger partial charge in [-0.1, -0.05) is 35.9 Å². The summed E-state index contributed by atoms with van der Waals surface area (Å²) in [5, 5.41) is 1.40. The van der Waals surface area contributed by atoms with E-state index in [9.17, 15) is 8.42 Å². The fourth-order valence-electron chi connectivity index (χ4n) is 3.62. The number of rotatable bonds is 5. The van der Waals surface area contributed by atoms with Gasteiger partial charge in [-0.15, -0.1) is 0 Å². The molecule has 0 atom stereocenters. The first kappa shape index (κ1) is 20.1. The maximum absolute atomic E-state index is 13.0. The summed E-state index contributed by atoms with van der Waals surface area (Å²) in [7, 11) is -2.09. The van der Waals surface area contributed by atoms with Crippen LogP contribution in [-0.2, 0) is 16.6 Å². The topological polar surface area (TPSA) is 62.7 Å². The first-order chi connectivity index (χ1) is 14.0. The summed E-state index contributed by atoms with van der Waals surface area (Å²) in [6.07, 6.45) is 1.80. The molecule has 1 aromatic heterocycles. The molecule has 4 rings (SSSR count). The van der Waals surface area contributed by atoms with Crippen LogP contribution in [0.3, 0.4) is 0 Å². The van der Waals surface area contributed by atoms with Crippen molar-refractivity contribution in [2.75, 3.05) is 33.3 Å². The van der Waals surface area contributed by atoms with Crippen LogP contribution in [0.25, 0.3) is 10.9 Å². The molecule has 1 fully saturated rings. The molecule has 1 saturated heterocycles. The van der Waals surface area contributed by atoms with Gasteiger partial charge in [0.1, 0.15) is 5.75 Å². The quantitative estimate of drug-likeness (QED) is 0.619. The maximum atomic E-state index is 13.0. The predicted octanol–water partition coefficient (Wildman–Crippen LogP) is 3.40. The van der Waals surface area contributed by atoms with Crippen LogP contribution < -0.4 is 4.74 Å². The van der Waals surface area contributed by atoms with Crippen LogP contribution in [0.2, 0.25) is 5.02 Å². The SMILES string of the molecule is COc1ccc(S(=O)(=O)N2CCN(Cc3cccc4cccnc34)CC2)cc1Cl. The van der Waals surface area contributed by atoms with Crippen LogP contribution in [0.5, 0.6) is 5.75 Å². The van der Waals surface area contributed by atoms with E-state index >= 15 is 0 Å². The third kappa shape index (κ3) is 4.09. The maximum Gasteiger partial charge on any atom is 0.243 e. The monoisotopic (exact) mass is 431 g/mol. The van der Waals surface area contributed by atoms with Gasteiger partial charge in [-0.25, -0.2) is 8.42 Å². The molecule has 1 aliphatic rings. The Morgan fingerprint density at radius 2 is 1.83 bits per heavy atom. The summed E-state index contributed by atoms with van der Waals surface area (Å²) in [6, 6.07) is 14.7. The van der Waals surface area contributed by atoms with E-state index in [1.54, 1.807) is 12.3 Å². The van der Waals surface area contributed by atoms with Gasteiger partial charge in [0.2, 0.25) is 10.0 Å². The number of piperazine rings is 1. The van der Waals surface area contributed by atoms with E-state index in [-0.39, 0.29) is 9.92 Å². The fourth-order valence-corrected chi connectivity index (χ4v) is 5.39. The minimum atomic E-state index is -3.59. The highest BCUT2D eigenvalue weighted by Gasteiger charge is 2.29. The van der Waals surface area contributed by atoms with E-state index in [4.69, 9.17) is 16.3 Å². The molecule has 0 spiro atoms. The Labute approximate surface area is 175 Å². The lowest BCUT2D eigenvalue weighted by atomic mass is 10.1. The van der Waals surface area contributed by atoms with Crippen LogP contribution in [0.1, 0.15) is 5.56 Å². The van der Waals surface area contributed by atoms with Gasteiger partial charge in [-0.3, -0.25) is 9.88 Å². The number of fused-ring (bicyclic) bond motifs is 1. The number of halogens is 1. The van der Waals surface area contributed by atoms with Crippen molar-refractivity contribution >= 4 is 32.5 Å². The number of sulfonamides is 1. The van der Waals surface area contributed by atoms with Gasteiger partial charge < -0.3 is 4.74 Å². The molecule has 0 amide bonds. The molecule has 3 aromatic rings. The number of para-hydroxylation sites is 1. The van der Waals surface area contributed by atoms with Crippen molar-refractivity contribution in [1.29, 1.82) is 0 Å². The normalized spacial score (nSPS) is 16.2. The van der Waals surface area contributed by atoms with E-state index < -0.39 is 10.0 Å². The Balaban J connectivity index is 1.45. The van der Waals surface area contributed by atoms with Gasteiger partial charge in [-0.2, -0.15) is 4.31 Å². The highest BCUT2D eigenvalue weighted by molar-refractivity contribution is 7.89. The molecular formula is C21H22ClN3O3S. The summed E-state index contributed by atoms with van der Waals surface area (Å²) >= 11 is 6.11. The number of nitrogens with zero attached hydrogens (tertiary/aromatic N) is 3. The van der Waals surface area contributed by atoms with Crippen molar-refractivity contribution in [2.45, 2.75) is 11.4 Å². The number of methoxy groups -OCH3 is 1. The van der Waals surface area contributed by atoms with E-state index in [1.807, 2.05) is 12.1 Å². The Bertz CT molecular complexity index is 1120. The summed E-state index contributed by atoms with van der Waals surface area (Å²) in [5.41, 5.74) is 2.15. The van der Waals surface area contributed by atoms with Gasteiger partial charge in [0.05, 0.1) is 22.5 Å². The number of ether oxygens (including phenoxy) is 1. The van der Waals surface area contributed by atoms with Gasteiger partial charge in [0.25, 0.3) is 0 Å². The second kappa shape index (κ2) is 8.28. The third-order valence-corrected chi connectivity index (χ3v) is 7.39. The minimum Gasteiger partial charge on any atom is -0.495 e. The van der Waals surface area contributed by atoms with Gasteiger partial charge in [0.15, 0.2) is 0 Å². The molecule has 152 valence electrons. The van der Waals surface area contributed by atoms with E-state index in [1.165, 1.54) is 23.5 Å². The molecule has 1 aliphatic heterocycles. The minimum absolute atomic E-state index is 0.190. The number of pyridine rings is 1. The van der Waals surface area contributed by atoms with Crippen LogP contribution in [0.4, 0.5) is 0 Å². The molecule has 0 saturated carbocycles. The van der Waals surface area contributed by atoms with Crippen LogP contribution in [0.15, 0.2) is 59.6 Å². The van der Waals surface area contributed by atoms with Crippen molar-refractivity contribution in [2.24, 2.45) is 0 Å². The third-order valence-electron chi connectivity index (χ3n) is 5.20. The lowest BCUT2D eigenvalue weighted by Gasteiger charge is -2.34. The largest absolute Gasteiger partial charge is 0.495 e. The van der Waals surface area contributed by atoms with Crippen molar-refractivity contribution in [3.8, 4) is 5.75 Å². The Morgan fingerprint density at radius 1 is 1.07 bits per heavy atom. The molecule has 0 radical (unpaired) electrons. The zero-order chi connectivity index (χ0) is 20.4. The van der Waals surface area contributed by atoms with Gasteiger partial charge >= 0.3 is 0 Å².